The van der Waals surface area contributed by atoms with Gasteiger partial charge in [0.25, 0.3) is 11.1 Å². The van der Waals surface area contributed by atoms with Crippen molar-refractivity contribution in [3.05, 3.63) is 102 Å². The summed E-state index contributed by atoms with van der Waals surface area (Å²) in [7, 11) is 0. The fourth-order valence-electron chi connectivity index (χ4n) is 2.55. The Balaban J connectivity index is 1.81. The number of hydrogen-bond acceptors (Lipinski definition) is 5. The molecule has 5 nitrogen and oxygen atoms in total. The summed E-state index contributed by atoms with van der Waals surface area (Å²) in [5.74, 6) is -0.347. The molecule has 2 aromatic heterocycles. The molecule has 0 spiro atoms. The normalized spacial score (nSPS) is 12.0. The molecule has 0 saturated carbocycles. The van der Waals surface area contributed by atoms with E-state index in [4.69, 9.17) is 0 Å². The maximum atomic E-state index is 13.0. The molecule has 0 aliphatic carbocycles. The minimum Gasteiger partial charge on any atom is -0.266 e. The van der Waals surface area contributed by atoms with Crippen LogP contribution in [-0.2, 0) is 6.42 Å². The minimum absolute atomic E-state index is 0.219. The number of benzene rings is 2. The maximum absolute atomic E-state index is 13.0. The Morgan fingerprint density at radius 3 is 2.50 bits per heavy atom. The van der Waals surface area contributed by atoms with E-state index in [0.29, 0.717) is 16.5 Å². The number of hydrogen-bond donors (Lipinski definition) is 0. The van der Waals surface area contributed by atoms with Gasteiger partial charge in [-0.25, -0.2) is 4.39 Å². The number of rotatable bonds is 3. The summed E-state index contributed by atoms with van der Waals surface area (Å²) in [6.07, 6.45) is 1.94. The van der Waals surface area contributed by atoms with Gasteiger partial charge in [0.2, 0.25) is 4.96 Å². The lowest BCUT2D eigenvalue weighted by molar-refractivity contribution is 0.628. The molecule has 0 aliphatic rings. The first-order chi connectivity index (χ1) is 12.6. The van der Waals surface area contributed by atoms with Crippen LogP contribution in [0.5, 0.6) is 0 Å². The number of fused-ring (bicyclic) bond motifs is 1. The van der Waals surface area contributed by atoms with Gasteiger partial charge in [-0.2, -0.15) is 14.6 Å². The van der Waals surface area contributed by atoms with Crippen molar-refractivity contribution in [3.63, 3.8) is 0 Å². The summed E-state index contributed by atoms with van der Waals surface area (Å²) < 4.78 is 14.5. The molecule has 0 amide bonds. The number of nitrogens with zero attached hydrogens (tertiary/aromatic N) is 3. The largest absolute Gasteiger partial charge is 0.296 e. The summed E-state index contributed by atoms with van der Waals surface area (Å²) in [4.78, 5) is 29.0. The smallest absolute Gasteiger partial charge is 0.266 e. The summed E-state index contributed by atoms with van der Waals surface area (Å²) in [5, 5.41) is 4.21. The molecule has 0 bridgehead atoms. The van der Waals surface area contributed by atoms with Crippen molar-refractivity contribution in [2.75, 3.05) is 0 Å². The second kappa shape index (κ2) is 6.61. The molecule has 4 aromatic rings. The van der Waals surface area contributed by atoms with Gasteiger partial charge in [-0.1, -0.05) is 53.8 Å². The Bertz CT molecular complexity index is 1250. The molecule has 0 unspecified atom stereocenters. The van der Waals surface area contributed by atoms with Gasteiger partial charge >= 0.3 is 0 Å². The fraction of sp³-hybridized carbons (Fsp3) is 0.0526. The van der Waals surface area contributed by atoms with Crippen LogP contribution < -0.4 is 15.7 Å². The van der Waals surface area contributed by atoms with Gasteiger partial charge in [0.1, 0.15) is 11.5 Å². The Hall–Kier alpha value is -3.19. The fourth-order valence-corrected chi connectivity index (χ4v) is 3.46. The predicted molar refractivity (Wildman–Crippen MR) is 97.8 cm³/mol. The Labute approximate surface area is 150 Å². The van der Waals surface area contributed by atoms with Gasteiger partial charge in [0.05, 0.1) is 4.53 Å². The third kappa shape index (κ3) is 3.16. The molecular formula is C19H12FN3O2S. The average molecular weight is 365 g/mol. The summed E-state index contributed by atoms with van der Waals surface area (Å²) in [6, 6.07) is 15.2. The van der Waals surface area contributed by atoms with E-state index in [1.807, 2.05) is 30.3 Å². The van der Waals surface area contributed by atoms with Crippen molar-refractivity contribution < 1.29 is 4.39 Å². The molecule has 0 aliphatic heterocycles. The lowest BCUT2D eigenvalue weighted by Gasteiger charge is -1.99. The van der Waals surface area contributed by atoms with Crippen molar-refractivity contribution in [1.82, 2.24) is 14.6 Å². The lowest BCUT2D eigenvalue weighted by Crippen LogP contribution is -2.28. The van der Waals surface area contributed by atoms with E-state index < -0.39 is 5.56 Å². The zero-order valence-corrected chi connectivity index (χ0v) is 14.2. The van der Waals surface area contributed by atoms with Crippen LogP contribution in [0.15, 0.2) is 64.2 Å². The average Bonchev–Trinajstić information content (AvgIpc) is 2.93. The van der Waals surface area contributed by atoms with Crippen LogP contribution in [0, 0.1) is 5.82 Å². The van der Waals surface area contributed by atoms with E-state index in [-0.39, 0.29) is 22.0 Å². The standard InChI is InChI=1S/C19H12FN3O2S/c20-14-8-6-13(7-9-14)11-16-18(25)23-19(26-16)21-17(24)15(22-23)10-12-4-2-1-3-5-12/h1-9,11H,10H2. The molecule has 2 aromatic carbocycles. The van der Waals surface area contributed by atoms with E-state index in [9.17, 15) is 14.0 Å². The van der Waals surface area contributed by atoms with E-state index in [2.05, 4.69) is 10.1 Å². The molecule has 128 valence electrons. The first-order valence-corrected chi connectivity index (χ1v) is 8.66. The lowest BCUT2D eigenvalue weighted by atomic mass is 10.1. The van der Waals surface area contributed by atoms with Gasteiger partial charge in [-0.3, -0.25) is 9.59 Å². The molecule has 0 fully saturated rings. The monoisotopic (exact) mass is 365 g/mol. The van der Waals surface area contributed by atoms with Crippen LogP contribution in [0.3, 0.4) is 0 Å². The number of halogens is 1. The van der Waals surface area contributed by atoms with Crippen LogP contribution in [0.2, 0.25) is 0 Å². The molecule has 0 saturated heterocycles. The van der Waals surface area contributed by atoms with Gasteiger partial charge in [-0.05, 0) is 29.3 Å². The zero-order valence-electron chi connectivity index (χ0n) is 13.4. The van der Waals surface area contributed by atoms with Crippen LogP contribution >= 0.6 is 11.3 Å². The first kappa shape index (κ1) is 16.3. The first-order valence-electron chi connectivity index (χ1n) is 7.84. The van der Waals surface area contributed by atoms with Crippen molar-refractivity contribution >= 4 is 22.4 Å². The summed E-state index contributed by atoms with van der Waals surface area (Å²) in [5.41, 5.74) is 1.03. The highest BCUT2D eigenvalue weighted by atomic mass is 32.1. The Morgan fingerprint density at radius 2 is 1.77 bits per heavy atom. The predicted octanol–water partition coefficient (Wildman–Crippen LogP) is 1.79. The van der Waals surface area contributed by atoms with Crippen LogP contribution in [-0.4, -0.2) is 14.6 Å². The second-order valence-electron chi connectivity index (χ2n) is 5.69. The summed E-state index contributed by atoms with van der Waals surface area (Å²) in [6.45, 7) is 0. The SMILES string of the molecule is O=c1nc2sc(=Cc3ccc(F)cc3)c(=O)n2nc1Cc1ccccc1. The quantitative estimate of drug-likeness (QED) is 0.555. The molecular weight excluding hydrogens is 353 g/mol. The van der Waals surface area contributed by atoms with Crippen molar-refractivity contribution in [3.8, 4) is 0 Å². The van der Waals surface area contributed by atoms with Crippen molar-refractivity contribution in [1.29, 1.82) is 0 Å². The van der Waals surface area contributed by atoms with Crippen LogP contribution in [0.25, 0.3) is 11.0 Å². The van der Waals surface area contributed by atoms with Gasteiger partial charge < -0.3 is 0 Å². The van der Waals surface area contributed by atoms with E-state index in [1.165, 1.54) is 12.1 Å². The highest BCUT2D eigenvalue weighted by Crippen LogP contribution is 2.06. The molecule has 4 rings (SSSR count). The maximum Gasteiger partial charge on any atom is 0.296 e. The third-order valence-electron chi connectivity index (χ3n) is 3.83. The van der Waals surface area contributed by atoms with Crippen molar-refractivity contribution in [2.24, 2.45) is 0 Å². The zero-order chi connectivity index (χ0) is 18.1. The molecule has 0 atom stereocenters. The minimum atomic E-state index is -0.441. The molecule has 2 heterocycles. The highest BCUT2D eigenvalue weighted by molar-refractivity contribution is 7.15. The van der Waals surface area contributed by atoms with E-state index >= 15 is 0 Å². The molecule has 0 N–H and O–H groups in total. The number of thiazole rings is 1. The Morgan fingerprint density at radius 1 is 1.04 bits per heavy atom. The Kier molecular flexibility index (Phi) is 4.14. The van der Waals surface area contributed by atoms with Gasteiger partial charge in [0.15, 0.2) is 0 Å². The van der Waals surface area contributed by atoms with E-state index in [1.54, 1.807) is 18.2 Å². The van der Waals surface area contributed by atoms with Gasteiger partial charge in [-0.15, -0.1) is 0 Å². The van der Waals surface area contributed by atoms with E-state index in [0.717, 1.165) is 21.4 Å². The van der Waals surface area contributed by atoms with Crippen LogP contribution in [0.1, 0.15) is 16.8 Å². The third-order valence-corrected chi connectivity index (χ3v) is 4.79. The van der Waals surface area contributed by atoms with Crippen molar-refractivity contribution in [2.45, 2.75) is 6.42 Å². The molecule has 26 heavy (non-hydrogen) atoms. The van der Waals surface area contributed by atoms with Crippen LogP contribution in [0.4, 0.5) is 4.39 Å². The summed E-state index contributed by atoms with van der Waals surface area (Å²) >= 11 is 1.08. The number of aromatic nitrogens is 3. The molecule has 0 radical (unpaired) electrons. The van der Waals surface area contributed by atoms with Gasteiger partial charge in [0, 0.05) is 6.42 Å². The topological polar surface area (TPSA) is 64.3 Å². The molecule has 7 heteroatoms. The second-order valence-corrected chi connectivity index (χ2v) is 6.70. The highest BCUT2D eigenvalue weighted by Gasteiger charge is 2.11.